The molecule has 0 saturated heterocycles. The van der Waals surface area contributed by atoms with Gasteiger partial charge in [-0.3, -0.25) is 4.79 Å². The molecule has 0 aliphatic heterocycles. The third-order valence-electron chi connectivity index (χ3n) is 3.78. The lowest BCUT2D eigenvalue weighted by Gasteiger charge is -2.02. The number of fused-ring (bicyclic) bond motifs is 1. The minimum atomic E-state index is -0.417. The van der Waals surface area contributed by atoms with Crippen LogP contribution < -0.4 is 11.6 Å². The van der Waals surface area contributed by atoms with Crippen molar-refractivity contribution in [3.8, 4) is 0 Å². The van der Waals surface area contributed by atoms with Crippen LogP contribution in [0, 0.1) is 0 Å². The lowest BCUT2D eigenvalue weighted by Crippen LogP contribution is -2.10. The fraction of sp³-hybridized carbons (Fsp3) is 0. The van der Waals surface area contributed by atoms with Crippen molar-refractivity contribution in [2.45, 2.75) is 0 Å². The predicted molar refractivity (Wildman–Crippen MR) is 99.6 cm³/mol. The molecule has 0 aliphatic rings. The van der Waals surface area contributed by atoms with Gasteiger partial charge in [-0.1, -0.05) is 48.6 Å². The lowest BCUT2D eigenvalue weighted by atomic mass is 10.0. The second-order valence-corrected chi connectivity index (χ2v) is 5.46. The molecule has 3 aromatic carbocycles. The van der Waals surface area contributed by atoms with Crippen molar-refractivity contribution in [1.29, 1.82) is 0 Å². The summed E-state index contributed by atoms with van der Waals surface area (Å²) in [7, 11) is 0. The van der Waals surface area contributed by atoms with Crippen LogP contribution in [0.1, 0.15) is 27.0 Å². The van der Waals surface area contributed by atoms with Crippen molar-refractivity contribution in [3.63, 3.8) is 0 Å². The zero-order valence-corrected chi connectivity index (χ0v) is 13.0. The molecule has 1 amide bonds. The van der Waals surface area contributed by atoms with E-state index in [1.165, 1.54) is 0 Å². The maximum atomic E-state index is 11.1. The number of amides is 1. The fourth-order valence-corrected chi connectivity index (χ4v) is 2.50. The van der Waals surface area contributed by atoms with Crippen molar-refractivity contribution in [2.24, 2.45) is 16.7 Å². The highest BCUT2D eigenvalue weighted by molar-refractivity contribution is 5.93. The van der Waals surface area contributed by atoms with Crippen LogP contribution in [0.25, 0.3) is 22.9 Å². The SMILES string of the molecule is NN=Cc1ccc2cc(/C=C/c3ccc(C(N)=O)cc3)ccc2c1. The molecule has 4 N–H and O–H groups in total. The van der Waals surface area contributed by atoms with E-state index in [4.69, 9.17) is 11.6 Å². The van der Waals surface area contributed by atoms with Crippen LogP contribution in [-0.2, 0) is 0 Å². The normalized spacial score (nSPS) is 11.5. The van der Waals surface area contributed by atoms with Crippen LogP contribution >= 0.6 is 0 Å². The van der Waals surface area contributed by atoms with Crippen LogP contribution in [-0.4, -0.2) is 12.1 Å². The Labute approximate surface area is 140 Å². The molecule has 4 heteroatoms. The molecule has 24 heavy (non-hydrogen) atoms. The van der Waals surface area contributed by atoms with E-state index in [0.29, 0.717) is 5.56 Å². The second kappa shape index (κ2) is 6.79. The van der Waals surface area contributed by atoms with E-state index in [0.717, 1.165) is 27.5 Å². The minimum Gasteiger partial charge on any atom is -0.366 e. The van der Waals surface area contributed by atoms with Gasteiger partial charge in [-0.15, -0.1) is 0 Å². The molecule has 0 bridgehead atoms. The van der Waals surface area contributed by atoms with E-state index in [-0.39, 0.29) is 0 Å². The summed E-state index contributed by atoms with van der Waals surface area (Å²) in [5.41, 5.74) is 8.83. The molecule has 0 heterocycles. The van der Waals surface area contributed by atoms with Crippen LogP contribution in [0.2, 0.25) is 0 Å². The first-order valence-electron chi connectivity index (χ1n) is 7.51. The van der Waals surface area contributed by atoms with Crippen LogP contribution in [0.4, 0.5) is 0 Å². The summed E-state index contributed by atoms with van der Waals surface area (Å²) in [5, 5.41) is 5.83. The van der Waals surface area contributed by atoms with Gasteiger partial charge in [0.2, 0.25) is 5.91 Å². The first kappa shape index (κ1) is 15.5. The number of nitrogens with zero attached hydrogens (tertiary/aromatic N) is 1. The Morgan fingerprint density at radius 1 is 0.792 bits per heavy atom. The molecule has 0 atom stereocenters. The van der Waals surface area contributed by atoms with Crippen molar-refractivity contribution in [1.82, 2.24) is 0 Å². The number of benzene rings is 3. The van der Waals surface area contributed by atoms with E-state index in [2.05, 4.69) is 23.3 Å². The Kier molecular flexibility index (Phi) is 4.38. The fourth-order valence-electron chi connectivity index (χ4n) is 2.50. The summed E-state index contributed by atoms with van der Waals surface area (Å²) in [5.74, 6) is 4.77. The van der Waals surface area contributed by atoms with Gasteiger partial charge in [-0.25, -0.2) is 0 Å². The maximum Gasteiger partial charge on any atom is 0.248 e. The minimum absolute atomic E-state index is 0.417. The number of carbonyl (C=O) groups is 1. The molecule has 3 aromatic rings. The van der Waals surface area contributed by atoms with Gasteiger partial charge in [-0.05, 0) is 51.7 Å². The van der Waals surface area contributed by atoms with E-state index >= 15 is 0 Å². The van der Waals surface area contributed by atoms with Gasteiger partial charge in [0.05, 0.1) is 6.21 Å². The standard InChI is InChI=1S/C20H17N3O/c21-20(24)17-7-3-14(4-8-17)1-2-15-5-9-19-12-16(13-23-22)6-10-18(19)11-15/h1-13H,22H2,(H2,21,24)/b2-1+,23-13?. The highest BCUT2D eigenvalue weighted by Crippen LogP contribution is 2.19. The first-order valence-corrected chi connectivity index (χ1v) is 7.51. The number of hydrazone groups is 1. The van der Waals surface area contributed by atoms with Gasteiger partial charge in [-0.2, -0.15) is 5.10 Å². The van der Waals surface area contributed by atoms with Crippen molar-refractivity contribution in [3.05, 3.63) is 82.9 Å². The molecular formula is C20H17N3O. The Hall–Kier alpha value is -3.40. The Balaban J connectivity index is 1.84. The molecule has 4 nitrogen and oxygen atoms in total. The van der Waals surface area contributed by atoms with Crippen molar-refractivity contribution < 1.29 is 4.79 Å². The number of rotatable bonds is 4. The first-order chi connectivity index (χ1) is 11.7. The number of primary amides is 1. The molecule has 3 rings (SSSR count). The average Bonchev–Trinajstić information content (AvgIpc) is 2.60. The summed E-state index contributed by atoms with van der Waals surface area (Å²) < 4.78 is 0. The molecule has 0 spiro atoms. The third kappa shape index (κ3) is 3.50. The van der Waals surface area contributed by atoms with Crippen LogP contribution in [0.15, 0.2) is 65.8 Å². The quantitative estimate of drug-likeness (QED) is 0.335. The molecule has 0 radical (unpaired) electrons. The maximum absolute atomic E-state index is 11.1. The van der Waals surface area contributed by atoms with Crippen LogP contribution in [0.5, 0.6) is 0 Å². The predicted octanol–water partition coefficient (Wildman–Crippen LogP) is 3.40. The number of hydrogen-bond acceptors (Lipinski definition) is 3. The average molecular weight is 315 g/mol. The summed E-state index contributed by atoms with van der Waals surface area (Å²) in [6.45, 7) is 0. The summed E-state index contributed by atoms with van der Waals surface area (Å²) in [6, 6.07) is 19.5. The Bertz CT molecular complexity index is 941. The lowest BCUT2D eigenvalue weighted by molar-refractivity contribution is 0.100. The Morgan fingerprint density at radius 3 is 1.96 bits per heavy atom. The number of nitrogens with two attached hydrogens (primary N) is 2. The molecule has 0 fully saturated rings. The highest BCUT2D eigenvalue weighted by Gasteiger charge is 1.99. The summed E-state index contributed by atoms with van der Waals surface area (Å²) >= 11 is 0. The number of hydrogen-bond donors (Lipinski definition) is 2. The van der Waals surface area contributed by atoms with Crippen molar-refractivity contribution >= 4 is 35.0 Å². The smallest absolute Gasteiger partial charge is 0.248 e. The summed E-state index contributed by atoms with van der Waals surface area (Å²) in [4.78, 5) is 11.1. The van der Waals surface area contributed by atoms with Gasteiger partial charge in [0.1, 0.15) is 0 Å². The van der Waals surface area contributed by atoms with E-state index in [1.54, 1.807) is 18.3 Å². The van der Waals surface area contributed by atoms with Gasteiger partial charge < -0.3 is 11.6 Å². The van der Waals surface area contributed by atoms with Crippen LogP contribution in [0.3, 0.4) is 0 Å². The Morgan fingerprint density at radius 2 is 1.33 bits per heavy atom. The van der Waals surface area contributed by atoms with Crippen molar-refractivity contribution in [2.75, 3.05) is 0 Å². The van der Waals surface area contributed by atoms with Gasteiger partial charge in [0, 0.05) is 5.56 Å². The monoisotopic (exact) mass is 315 g/mol. The highest BCUT2D eigenvalue weighted by atomic mass is 16.1. The molecule has 0 aromatic heterocycles. The number of carbonyl (C=O) groups excluding carboxylic acids is 1. The zero-order chi connectivity index (χ0) is 16.9. The van der Waals surface area contributed by atoms with E-state index < -0.39 is 5.91 Å². The largest absolute Gasteiger partial charge is 0.366 e. The van der Waals surface area contributed by atoms with Gasteiger partial charge >= 0.3 is 0 Å². The molecule has 0 unspecified atom stereocenters. The zero-order valence-electron chi connectivity index (χ0n) is 13.0. The second-order valence-electron chi connectivity index (χ2n) is 5.46. The molecule has 0 saturated carbocycles. The molecule has 118 valence electrons. The van der Waals surface area contributed by atoms with E-state index in [1.807, 2.05) is 42.5 Å². The van der Waals surface area contributed by atoms with Gasteiger partial charge in [0.15, 0.2) is 0 Å². The molecular weight excluding hydrogens is 298 g/mol. The summed E-state index contributed by atoms with van der Waals surface area (Å²) in [6.07, 6.45) is 5.67. The van der Waals surface area contributed by atoms with E-state index in [9.17, 15) is 4.79 Å². The topological polar surface area (TPSA) is 81.5 Å². The molecule has 0 aliphatic carbocycles. The third-order valence-corrected chi connectivity index (χ3v) is 3.78. The van der Waals surface area contributed by atoms with Gasteiger partial charge in [0.25, 0.3) is 0 Å².